The maximum absolute atomic E-state index is 4.93. The van der Waals surface area contributed by atoms with Gasteiger partial charge in [-0.05, 0) is 91.1 Å². The molecule has 8 aromatic carbocycles. The SMILES string of the molecule is CC(C)c1cc(-c2c(-c3ccccc3)ccc3[cH-]c(C(C)C)cc23)cc(C(C)C)c1.CC(C)c1cc(-c2c(-c3ccccc3)ccc3[cH-]c(C(C)C)cc23)cc(C(C)C)c1.C[Si]C.[Cl][Zr+2][Cl]. The molecule has 0 fully saturated rings. The fourth-order valence-electron chi connectivity index (χ4n) is 8.59. The van der Waals surface area contributed by atoms with Gasteiger partial charge in [0.05, 0.1) is 0 Å². The molecule has 4 heteroatoms. The molecule has 66 heavy (non-hydrogen) atoms. The third-order valence-corrected chi connectivity index (χ3v) is 12.5. The molecule has 0 spiro atoms. The maximum atomic E-state index is 4.93. The normalized spacial score (nSPS) is 11.2. The molecular weight excluding hydrogens is 935 g/mol. The Bertz CT molecular complexity index is 2510. The summed E-state index contributed by atoms with van der Waals surface area (Å²) in [5.74, 6) is 3.08. The van der Waals surface area contributed by atoms with Crippen LogP contribution in [0.5, 0.6) is 0 Å². The number of benzene rings is 6. The van der Waals surface area contributed by atoms with Gasteiger partial charge in [0, 0.05) is 9.52 Å². The number of hydrogen-bond donors (Lipinski definition) is 0. The topological polar surface area (TPSA) is 0 Å². The first-order valence-corrected chi connectivity index (χ1v) is 32.3. The van der Waals surface area contributed by atoms with Crippen molar-refractivity contribution in [2.24, 2.45) is 0 Å². The molecule has 2 radical (unpaired) electrons. The van der Waals surface area contributed by atoms with Crippen molar-refractivity contribution in [3.63, 3.8) is 0 Å². The van der Waals surface area contributed by atoms with E-state index in [0.717, 1.165) is 9.52 Å². The van der Waals surface area contributed by atoms with Crippen LogP contribution in [0.3, 0.4) is 0 Å². The standard InChI is InChI=1S/2C30H33.C2H6Si.2ClH.Zr/c2*1-19(2)24-15-25(20(3)4)17-27(16-24)30-28(22-10-8-7-9-11-22)13-12-23-14-26(21(5)6)18-29(23)30;1-3-2;;;/h2*7-21H,1-6H3;1-2H3;2*1H;/q2*-1;;;;+4/p-2. The summed E-state index contributed by atoms with van der Waals surface area (Å²) in [7, 11) is 11.0. The molecule has 0 amide bonds. The third-order valence-electron chi connectivity index (χ3n) is 12.5. The van der Waals surface area contributed by atoms with Crippen LogP contribution in [0.2, 0.25) is 13.1 Å². The summed E-state index contributed by atoms with van der Waals surface area (Å²) < 4.78 is 0. The van der Waals surface area contributed by atoms with Gasteiger partial charge in [0.2, 0.25) is 0 Å². The van der Waals surface area contributed by atoms with E-state index in [1.807, 2.05) is 0 Å². The van der Waals surface area contributed by atoms with Crippen LogP contribution in [0.15, 0.2) is 146 Å². The predicted octanol–water partition coefficient (Wildman–Crippen LogP) is 20.7. The number of halogens is 2. The zero-order valence-electron chi connectivity index (χ0n) is 42.1. The van der Waals surface area contributed by atoms with Crippen molar-refractivity contribution < 1.29 is 20.8 Å². The third kappa shape index (κ3) is 13.3. The molecule has 0 unspecified atom stereocenters. The van der Waals surface area contributed by atoms with Gasteiger partial charge in [0.25, 0.3) is 0 Å². The van der Waals surface area contributed by atoms with Crippen LogP contribution in [-0.2, 0) is 20.8 Å². The first-order valence-electron chi connectivity index (χ1n) is 24.0. The molecule has 0 bridgehead atoms. The van der Waals surface area contributed by atoms with Gasteiger partial charge in [-0.25, -0.2) is 0 Å². The van der Waals surface area contributed by atoms with E-state index in [1.54, 1.807) is 0 Å². The van der Waals surface area contributed by atoms with E-state index in [1.165, 1.54) is 99.4 Å². The molecule has 8 aromatic rings. The Morgan fingerprint density at radius 3 is 0.924 bits per heavy atom. The molecule has 0 saturated heterocycles. The second-order valence-corrected chi connectivity index (χ2v) is 24.3. The molecule has 0 nitrogen and oxygen atoms in total. The Hall–Kier alpha value is -3.78. The van der Waals surface area contributed by atoms with Gasteiger partial charge in [-0.1, -0.05) is 217 Å². The number of fused-ring (bicyclic) bond motifs is 2. The van der Waals surface area contributed by atoms with Gasteiger partial charge in [-0.2, -0.15) is 12.1 Å². The van der Waals surface area contributed by atoms with E-state index in [9.17, 15) is 0 Å². The van der Waals surface area contributed by atoms with Crippen LogP contribution >= 0.6 is 17.0 Å². The fourth-order valence-corrected chi connectivity index (χ4v) is 8.59. The van der Waals surface area contributed by atoms with Crippen molar-refractivity contribution in [2.45, 2.75) is 132 Å². The molecule has 342 valence electrons. The van der Waals surface area contributed by atoms with Crippen molar-refractivity contribution in [3.8, 4) is 44.5 Å². The molecule has 0 atom stereocenters. The second kappa shape index (κ2) is 25.0. The Morgan fingerprint density at radius 1 is 0.379 bits per heavy atom. The van der Waals surface area contributed by atoms with Crippen LogP contribution in [0.1, 0.15) is 152 Å². The van der Waals surface area contributed by atoms with Crippen molar-refractivity contribution in [3.05, 3.63) is 179 Å². The number of rotatable bonds is 10. The predicted molar refractivity (Wildman–Crippen MR) is 295 cm³/mol. The van der Waals surface area contributed by atoms with Crippen LogP contribution < -0.4 is 0 Å². The zero-order valence-corrected chi connectivity index (χ0v) is 47.0. The molecule has 0 aromatic heterocycles. The molecule has 0 aliphatic rings. The van der Waals surface area contributed by atoms with Crippen molar-refractivity contribution in [1.29, 1.82) is 0 Å². The van der Waals surface area contributed by atoms with Gasteiger partial charge in [-0.15, -0.1) is 56.9 Å². The zero-order chi connectivity index (χ0) is 48.2. The van der Waals surface area contributed by atoms with Gasteiger partial charge < -0.3 is 0 Å². The monoisotopic (exact) mass is 1000 g/mol. The summed E-state index contributed by atoms with van der Waals surface area (Å²) in [5, 5.41) is 5.43. The van der Waals surface area contributed by atoms with E-state index in [-0.39, 0.29) is 0 Å². The molecule has 0 aliphatic heterocycles. The average Bonchev–Trinajstić information content (AvgIpc) is 3.95. The quantitative estimate of drug-likeness (QED) is 0.0946. The number of hydrogen-bond acceptors (Lipinski definition) is 0. The van der Waals surface area contributed by atoms with Crippen LogP contribution in [0.25, 0.3) is 66.1 Å². The Kier molecular flexibility index (Phi) is 20.2. The van der Waals surface area contributed by atoms with Gasteiger partial charge in [0.1, 0.15) is 0 Å². The average molecular weight is 1010 g/mol. The molecule has 8 rings (SSSR count). The van der Waals surface area contributed by atoms with E-state index in [4.69, 9.17) is 17.0 Å². The second-order valence-electron chi connectivity index (χ2n) is 19.6. The molecule has 0 saturated carbocycles. The summed E-state index contributed by atoms with van der Waals surface area (Å²) in [4.78, 5) is 0. The van der Waals surface area contributed by atoms with E-state index >= 15 is 0 Å². The van der Waals surface area contributed by atoms with E-state index in [0.29, 0.717) is 35.5 Å². The molecular formula is C62H72Cl2SiZr. The minimum absolute atomic E-state index is 0.507. The Labute approximate surface area is 420 Å². The summed E-state index contributed by atoms with van der Waals surface area (Å²) in [6, 6.07) is 54.9. The van der Waals surface area contributed by atoms with Gasteiger partial charge in [-0.3, -0.25) is 0 Å². The molecule has 0 N–H and O–H groups in total. The summed E-state index contributed by atoms with van der Waals surface area (Å²) in [6.45, 7) is 31.8. The summed E-state index contributed by atoms with van der Waals surface area (Å²) in [6.07, 6.45) is 0. The van der Waals surface area contributed by atoms with E-state index < -0.39 is 20.8 Å². The van der Waals surface area contributed by atoms with Gasteiger partial charge in [0.15, 0.2) is 0 Å². The van der Waals surface area contributed by atoms with Crippen LogP contribution in [0.4, 0.5) is 0 Å². The summed E-state index contributed by atoms with van der Waals surface area (Å²) >= 11 is -0.826. The first kappa shape index (κ1) is 53.2. The Morgan fingerprint density at radius 2 is 0.667 bits per heavy atom. The van der Waals surface area contributed by atoms with Crippen molar-refractivity contribution in [1.82, 2.24) is 0 Å². The van der Waals surface area contributed by atoms with E-state index in [2.05, 4.69) is 242 Å². The fraction of sp³-hybridized carbons (Fsp3) is 0.323. The minimum atomic E-state index is -0.826. The molecule has 0 aliphatic carbocycles. The molecule has 0 heterocycles. The van der Waals surface area contributed by atoms with Gasteiger partial charge >= 0.3 is 37.9 Å². The van der Waals surface area contributed by atoms with Crippen molar-refractivity contribution >= 4 is 48.1 Å². The first-order chi connectivity index (χ1) is 31.5. The Balaban J connectivity index is 0.000000221. The van der Waals surface area contributed by atoms with Crippen LogP contribution in [0, 0.1) is 0 Å². The van der Waals surface area contributed by atoms with Crippen LogP contribution in [-0.4, -0.2) is 9.52 Å². The van der Waals surface area contributed by atoms with Crippen molar-refractivity contribution in [2.75, 3.05) is 0 Å². The summed E-state index contributed by atoms with van der Waals surface area (Å²) in [5.41, 5.74) is 19.1.